The SMILES string of the molecule is O=C(c1ccc(Cl)nc1)N1CCCC(NS(=O)(=O)c2ccccc2)C1. The Morgan fingerprint density at radius 1 is 1.20 bits per heavy atom. The lowest BCUT2D eigenvalue weighted by Gasteiger charge is -2.33. The molecular weight excluding hydrogens is 362 g/mol. The lowest BCUT2D eigenvalue weighted by Crippen LogP contribution is -2.49. The highest BCUT2D eigenvalue weighted by molar-refractivity contribution is 7.89. The van der Waals surface area contributed by atoms with Gasteiger partial charge in [-0.1, -0.05) is 29.8 Å². The van der Waals surface area contributed by atoms with Crippen LogP contribution in [0.2, 0.25) is 5.15 Å². The first-order chi connectivity index (χ1) is 12.0. The third-order valence-corrected chi connectivity index (χ3v) is 5.82. The van der Waals surface area contributed by atoms with Gasteiger partial charge in [0.25, 0.3) is 5.91 Å². The van der Waals surface area contributed by atoms with Crippen molar-refractivity contribution < 1.29 is 13.2 Å². The van der Waals surface area contributed by atoms with Crippen molar-refractivity contribution in [1.29, 1.82) is 0 Å². The molecule has 1 aromatic heterocycles. The molecule has 6 nitrogen and oxygen atoms in total. The number of aromatic nitrogens is 1. The van der Waals surface area contributed by atoms with Gasteiger partial charge in [-0.2, -0.15) is 0 Å². The van der Waals surface area contributed by atoms with Crippen LogP contribution in [0.5, 0.6) is 0 Å². The van der Waals surface area contributed by atoms with E-state index in [0.717, 1.165) is 6.42 Å². The van der Waals surface area contributed by atoms with Gasteiger partial charge in [-0.05, 0) is 37.1 Å². The third kappa shape index (κ3) is 4.36. The van der Waals surface area contributed by atoms with E-state index in [2.05, 4.69) is 9.71 Å². The van der Waals surface area contributed by atoms with Crippen LogP contribution in [0.3, 0.4) is 0 Å². The Bertz CT molecular complexity index is 841. The highest BCUT2D eigenvalue weighted by atomic mass is 35.5. The van der Waals surface area contributed by atoms with Crippen molar-refractivity contribution in [3.8, 4) is 0 Å². The molecule has 1 fully saturated rings. The lowest BCUT2D eigenvalue weighted by atomic mass is 10.1. The molecule has 132 valence electrons. The van der Waals surface area contributed by atoms with Crippen LogP contribution in [0.4, 0.5) is 0 Å². The standard InChI is InChI=1S/C17H18ClN3O3S/c18-16-9-8-13(11-19-16)17(22)21-10-4-5-14(12-21)20-25(23,24)15-6-2-1-3-7-15/h1-3,6-9,11,14,20H,4-5,10,12H2. The van der Waals surface area contributed by atoms with E-state index in [1.54, 1.807) is 47.4 Å². The number of halogens is 1. The van der Waals surface area contributed by atoms with E-state index in [4.69, 9.17) is 11.6 Å². The number of benzene rings is 1. The van der Waals surface area contributed by atoms with Crippen LogP contribution in [0, 0.1) is 0 Å². The second kappa shape index (κ2) is 7.51. The number of carbonyl (C=O) groups is 1. The molecule has 2 aromatic rings. The van der Waals surface area contributed by atoms with E-state index in [1.165, 1.54) is 6.20 Å². The first-order valence-electron chi connectivity index (χ1n) is 7.94. The van der Waals surface area contributed by atoms with Gasteiger partial charge in [-0.15, -0.1) is 0 Å². The summed E-state index contributed by atoms with van der Waals surface area (Å²) in [7, 11) is -3.60. The van der Waals surface area contributed by atoms with Crippen LogP contribution in [-0.2, 0) is 10.0 Å². The second-order valence-corrected chi connectivity index (χ2v) is 8.00. The maximum atomic E-state index is 12.6. The molecule has 0 radical (unpaired) electrons. The number of hydrogen-bond acceptors (Lipinski definition) is 4. The van der Waals surface area contributed by atoms with Crippen LogP contribution in [0.15, 0.2) is 53.6 Å². The van der Waals surface area contributed by atoms with Crippen LogP contribution in [0.25, 0.3) is 0 Å². The summed E-state index contributed by atoms with van der Waals surface area (Å²) >= 11 is 5.74. The molecule has 0 aliphatic carbocycles. The second-order valence-electron chi connectivity index (χ2n) is 5.89. The van der Waals surface area contributed by atoms with E-state index < -0.39 is 10.0 Å². The van der Waals surface area contributed by atoms with Gasteiger partial charge >= 0.3 is 0 Å². The Morgan fingerprint density at radius 2 is 1.96 bits per heavy atom. The summed E-state index contributed by atoms with van der Waals surface area (Å²) in [4.78, 5) is 18.3. The predicted octanol–water partition coefficient (Wildman–Crippen LogP) is 2.32. The van der Waals surface area contributed by atoms with Crippen molar-refractivity contribution in [3.63, 3.8) is 0 Å². The van der Waals surface area contributed by atoms with Crippen molar-refractivity contribution in [2.45, 2.75) is 23.8 Å². The summed E-state index contributed by atoms with van der Waals surface area (Å²) in [5.41, 5.74) is 0.441. The molecule has 8 heteroatoms. The van der Waals surface area contributed by atoms with Gasteiger partial charge in [-0.25, -0.2) is 18.1 Å². The number of carbonyl (C=O) groups excluding carboxylic acids is 1. The average molecular weight is 380 g/mol. The molecule has 1 aliphatic heterocycles. The summed E-state index contributed by atoms with van der Waals surface area (Å²) < 4.78 is 27.6. The maximum absolute atomic E-state index is 12.6. The Morgan fingerprint density at radius 3 is 2.64 bits per heavy atom. The van der Waals surface area contributed by atoms with E-state index in [1.807, 2.05) is 0 Å². The Balaban J connectivity index is 1.69. The number of amides is 1. The van der Waals surface area contributed by atoms with Gasteiger partial charge in [-0.3, -0.25) is 4.79 Å². The van der Waals surface area contributed by atoms with Crippen molar-refractivity contribution in [3.05, 3.63) is 59.4 Å². The molecule has 1 atom stereocenters. The zero-order valence-electron chi connectivity index (χ0n) is 13.4. The summed E-state index contributed by atoms with van der Waals surface area (Å²) in [6.07, 6.45) is 2.85. The average Bonchev–Trinajstić information content (AvgIpc) is 2.62. The molecule has 3 rings (SSSR count). The third-order valence-electron chi connectivity index (χ3n) is 4.06. The summed E-state index contributed by atoms with van der Waals surface area (Å²) in [6.45, 7) is 0.915. The number of likely N-dealkylation sites (tertiary alicyclic amines) is 1. The fraction of sp³-hybridized carbons (Fsp3) is 0.294. The monoisotopic (exact) mass is 379 g/mol. The van der Waals surface area contributed by atoms with Gasteiger partial charge in [0.1, 0.15) is 5.15 Å². The number of pyridine rings is 1. The van der Waals surface area contributed by atoms with Crippen molar-refractivity contribution in [1.82, 2.24) is 14.6 Å². The van der Waals surface area contributed by atoms with E-state index in [0.29, 0.717) is 30.2 Å². The Labute approximate surface area is 151 Å². The highest BCUT2D eigenvalue weighted by Crippen LogP contribution is 2.17. The molecule has 0 spiro atoms. The zero-order valence-corrected chi connectivity index (χ0v) is 15.0. The largest absolute Gasteiger partial charge is 0.337 e. The smallest absolute Gasteiger partial charge is 0.255 e. The van der Waals surface area contributed by atoms with Crippen LogP contribution in [-0.4, -0.2) is 43.3 Å². The molecule has 1 unspecified atom stereocenters. The number of rotatable bonds is 4. The van der Waals surface area contributed by atoms with Gasteiger partial charge in [0.2, 0.25) is 10.0 Å². The van der Waals surface area contributed by atoms with E-state index in [9.17, 15) is 13.2 Å². The molecule has 25 heavy (non-hydrogen) atoms. The van der Waals surface area contributed by atoms with Crippen molar-refractivity contribution >= 4 is 27.5 Å². The first kappa shape index (κ1) is 17.8. The van der Waals surface area contributed by atoms with Gasteiger partial charge in [0, 0.05) is 25.3 Å². The summed E-state index contributed by atoms with van der Waals surface area (Å²) in [6, 6.07) is 11.1. The number of sulfonamides is 1. The van der Waals surface area contributed by atoms with Crippen molar-refractivity contribution in [2.24, 2.45) is 0 Å². The maximum Gasteiger partial charge on any atom is 0.255 e. The molecule has 1 N–H and O–H groups in total. The van der Waals surface area contributed by atoms with Gasteiger partial charge in [0.05, 0.1) is 10.5 Å². The minimum Gasteiger partial charge on any atom is -0.337 e. The fourth-order valence-corrected chi connectivity index (χ4v) is 4.22. The van der Waals surface area contributed by atoms with Crippen molar-refractivity contribution in [2.75, 3.05) is 13.1 Å². The topological polar surface area (TPSA) is 79.4 Å². The van der Waals surface area contributed by atoms with Gasteiger partial charge in [0.15, 0.2) is 0 Å². The fourth-order valence-electron chi connectivity index (χ4n) is 2.83. The minimum absolute atomic E-state index is 0.173. The van der Waals surface area contributed by atoms with Crippen LogP contribution >= 0.6 is 11.6 Å². The molecule has 1 saturated heterocycles. The zero-order chi connectivity index (χ0) is 17.9. The van der Waals surface area contributed by atoms with E-state index in [-0.39, 0.29) is 16.8 Å². The number of piperidine rings is 1. The molecule has 1 amide bonds. The summed E-state index contributed by atoms with van der Waals surface area (Å²) in [5, 5.41) is 0.323. The number of nitrogens with zero attached hydrogens (tertiary/aromatic N) is 2. The quantitative estimate of drug-likeness (QED) is 0.827. The summed E-state index contributed by atoms with van der Waals surface area (Å²) in [5.74, 6) is -0.173. The van der Waals surface area contributed by atoms with Crippen LogP contribution < -0.4 is 4.72 Å². The Hall–Kier alpha value is -1.96. The lowest BCUT2D eigenvalue weighted by molar-refractivity contribution is 0.0702. The first-order valence-corrected chi connectivity index (χ1v) is 9.80. The molecule has 0 bridgehead atoms. The molecule has 1 aromatic carbocycles. The molecular formula is C17H18ClN3O3S. The number of nitrogens with one attached hydrogen (secondary N) is 1. The Kier molecular flexibility index (Phi) is 5.36. The highest BCUT2D eigenvalue weighted by Gasteiger charge is 2.28. The molecule has 1 aliphatic rings. The predicted molar refractivity (Wildman–Crippen MR) is 94.9 cm³/mol. The van der Waals surface area contributed by atoms with E-state index >= 15 is 0 Å². The minimum atomic E-state index is -3.60. The van der Waals surface area contributed by atoms with Crippen LogP contribution in [0.1, 0.15) is 23.2 Å². The number of hydrogen-bond donors (Lipinski definition) is 1. The molecule has 2 heterocycles. The van der Waals surface area contributed by atoms with Gasteiger partial charge < -0.3 is 4.90 Å². The molecule has 0 saturated carbocycles. The normalized spacial score (nSPS) is 18.1.